The fourth-order valence-electron chi connectivity index (χ4n) is 3.06. The van der Waals surface area contributed by atoms with Crippen LogP contribution < -0.4 is 10.2 Å². The third-order valence-electron chi connectivity index (χ3n) is 4.48. The quantitative estimate of drug-likeness (QED) is 0.662. The molecule has 0 spiro atoms. The lowest BCUT2D eigenvalue weighted by Crippen LogP contribution is -2.19. The van der Waals surface area contributed by atoms with E-state index in [1.807, 2.05) is 24.0 Å². The minimum Gasteiger partial charge on any atom is -0.369 e. The maximum Gasteiger partial charge on any atom is 0.266 e. The van der Waals surface area contributed by atoms with Gasteiger partial charge in [-0.3, -0.25) is 4.79 Å². The number of aryl methyl sites for hydroxylation is 1. The molecule has 132 valence electrons. The summed E-state index contributed by atoms with van der Waals surface area (Å²) in [6.07, 6.45) is 3.57. The summed E-state index contributed by atoms with van der Waals surface area (Å²) in [7, 11) is 0. The molecule has 0 aliphatic carbocycles. The van der Waals surface area contributed by atoms with Gasteiger partial charge < -0.3 is 10.2 Å². The van der Waals surface area contributed by atoms with Crippen LogP contribution in [-0.4, -0.2) is 19.0 Å². The molecule has 1 saturated heterocycles. The minimum absolute atomic E-state index is 0.0646. The van der Waals surface area contributed by atoms with Crippen molar-refractivity contribution in [2.75, 3.05) is 23.3 Å². The lowest BCUT2D eigenvalue weighted by atomic mass is 10.0. The fourth-order valence-corrected chi connectivity index (χ4v) is 3.06. The van der Waals surface area contributed by atoms with E-state index in [9.17, 15) is 14.4 Å². The average molecular weight is 349 g/mol. The van der Waals surface area contributed by atoms with Gasteiger partial charge in [0.2, 0.25) is 0 Å². The number of hydrogen-bond donors (Lipinski definition) is 1. The van der Waals surface area contributed by atoms with E-state index in [0.717, 1.165) is 31.5 Å². The first kappa shape index (κ1) is 17.7. The molecular formula is C21H20FN3O. The number of nitriles is 1. The van der Waals surface area contributed by atoms with Crippen molar-refractivity contribution in [1.82, 2.24) is 0 Å². The van der Waals surface area contributed by atoms with Gasteiger partial charge in [-0.05, 0) is 61.2 Å². The number of hydrogen-bond acceptors (Lipinski definition) is 3. The Morgan fingerprint density at radius 3 is 2.58 bits per heavy atom. The molecule has 0 atom stereocenters. The molecule has 0 saturated carbocycles. The van der Waals surface area contributed by atoms with Crippen LogP contribution in [0.2, 0.25) is 0 Å². The molecule has 26 heavy (non-hydrogen) atoms. The normalized spacial score (nSPS) is 14.2. The van der Waals surface area contributed by atoms with Gasteiger partial charge in [0.1, 0.15) is 17.5 Å². The molecule has 0 unspecified atom stereocenters. The summed E-state index contributed by atoms with van der Waals surface area (Å²) in [4.78, 5) is 14.3. The molecule has 1 aliphatic rings. The number of nitrogens with one attached hydrogen (secondary N) is 1. The standard InChI is InChI=1S/C21H20FN3O/c1-15-11-20(25-9-5-6-10-25)19(22)13-16(15)12-17(14-23)21(26)24-18-7-3-2-4-8-18/h2-4,7-8,11-13H,5-6,9-10H2,1H3,(H,24,26)/b17-12-. The van der Waals surface area contributed by atoms with Gasteiger partial charge in [0.15, 0.2) is 0 Å². The average Bonchev–Trinajstić information content (AvgIpc) is 3.17. The SMILES string of the molecule is Cc1cc(N2CCCC2)c(F)cc1/C=C(/C#N)C(=O)Nc1ccccc1. The minimum atomic E-state index is -0.512. The lowest BCUT2D eigenvalue weighted by Gasteiger charge is -2.19. The third-order valence-corrected chi connectivity index (χ3v) is 4.48. The second-order valence-corrected chi connectivity index (χ2v) is 6.34. The second kappa shape index (κ2) is 7.83. The van der Waals surface area contributed by atoms with E-state index in [4.69, 9.17) is 0 Å². The summed E-state index contributed by atoms with van der Waals surface area (Å²) in [5.41, 5.74) is 2.49. The molecule has 2 aromatic carbocycles. The summed E-state index contributed by atoms with van der Waals surface area (Å²) < 4.78 is 14.5. The maximum atomic E-state index is 14.5. The Bertz CT molecular complexity index is 878. The number of halogens is 1. The smallest absolute Gasteiger partial charge is 0.266 e. The van der Waals surface area contributed by atoms with Crippen molar-refractivity contribution in [3.63, 3.8) is 0 Å². The number of amides is 1. The van der Waals surface area contributed by atoms with Crippen molar-refractivity contribution in [2.45, 2.75) is 19.8 Å². The van der Waals surface area contributed by atoms with Crippen molar-refractivity contribution >= 4 is 23.4 Å². The lowest BCUT2D eigenvalue weighted by molar-refractivity contribution is -0.112. The number of nitrogens with zero attached hydrogens (tertiary/aromatic N) is 2. The van der Waals surface area contributed by atoms with Gasteiger partial charge in [-0.15, -0.1) is 0 Å². The van der Waals surface area contributed by atoms with Crippen molar-refractivity contribution in [2.24, 2.45) is 0 Å². The van der Waals surface area contributed by atoms with E-state index in [1.165, 1.54) is 12.1 Å². The molecule has 1 heterocycles. The topological polar surface area (TPSA) is 56.1 Å². The summed E-state index contributed by atoms with van der Waals surface area (Å²) >= 11 is 0. The molecule has 5 heteroatoms. The Labute approximate surface area is 152 Å². The molecule has 1 aliphatic heterocycles. The van der Waals surface area contributed by atoms with Crippen LogP contribution in [0, 0.1) is 24.1 Å². The Balaban J connectivity index is 1.86. The molecule has 1 fully saturated rings. The summed E-state index contributed by atoms with van der Waals surface area (Å²) in [6.45, 7) is 3.57. The molecule has 0 radical (unpaired) electrons. The van der Waals surface area contributed by atoms with Gasteiger partial charge in [-0.1, -0.05) is 18.2 Å². The number of anilines is 2. The molecule has 1 amide bonds. The Morgan fingerprint density at radius 2 is 1.92 bits per heavy atom. The molecule has 4 nitrogen and oxygen atoms in total. The zero-order valence-electron chi connectivity index (χ0n) is 14.6. The highest BCUT2D eigenvalue weighted by Gasteiger charge is 2.18. The Morgan fingerprint density at radius 1 is 1.23 bits per heavy atom. The third kappa shape index (κ3) is 3.92. The largest absolute Gasteiger partial charge is 0.369 e. The number of rotatable bonds is 4. The van der Waals surface area contributed by atoms with Crippen molar-refractivity contribution in [1.29, 1.82) is 5.26 Å². The van der Waals surface area contributed by atoms with Crippen LogP contribution in [0.15, 0.2) is 48.0 Å². The van der Waals surface area contributed by atoms with Crippen LogP contribution in [0.3, 0.4) is 0 Å². The van der Waals surface area contributed by atoms with Crippen LogP contribution in [0.4, 0.5) is 15.8 Å². The van der Waals surface area contributed by atoms with Gasteiger partial charge in [-0.2, -0.15) is 5.26 Å². The zero-order valence-corrected chi connectivity index (χ0v) is 14.6. The molecule has 0 bridgehead atoms. The van der Waals surface area contributed by atoms with Gasteiger partial charge in [0.05, 0.1) is 5.69 Å². The highest BCUT2D eigenvalue weighted by atomic mass is 19.1. The van der Waals surface area contributed by atoms with E-state index in [1.54, 1.807) is 30.3 Å². The van der Waals surface area contributed by atoms with Gasteiger partial charge in [0, 0.05) is 18.8 Å². The van der Waals surface area contributed by atoms with Crippen LogP contribution in [-0.2, 0) is 4.79 Å². The summed E-state index contributed by atoms with van der Waals surface area (Å²) in [5.74, 6) is -0.841. The number of carbonyl (C=O) groups is 1. The van der Waals surface area contributed by atoms with Crippen molar-refractivity contribution in [3.05, 3.63) is 65.0 Å². The molecule has 0 aromatic heterocycles. The number of benzene rings is 2. The highest BCUT2D eigenvalue weighted by Crippen LogP contribution is 2.28. The predicted molar refractivity (Wildman–Crippen MR) is 101 cm³/mol. The monoisotopic (exact) mass is 349 g/mol. The first-order chi connectivity index (χ1) is 12.6. The van der Waals surface area contributed by atoms with Crippen LogP contribution in [0.1, 0.15) is 24.0 Å². The van der Waals surface area contributed by atoms with Gasteiger partial charge >= 0.3 is 0 Å². The molecule has 1 N–H and O–H groups in total. The van der Waals surface area contributed by atoms with Crippen molar-refractivity contribution < 1.29 is 9.18 Å². The van der Waals surface area contributed by atoms with E-state index in [0.29, 0.717) is 16.9 Å². The van der Waals surface area contributed by atoms with E-state index < -0.39 is 5.91 Å². The summed E-state index contributed by atoms with van der Waals surface area (Å²) in [5, 5.41) is 12.0. The zero-order chi connectivity index (χ0) is 18.5. The molecule has 3 rings (SSSR count). The number of para-hydroxylation sites is 1. The predicted octanol–water partition coefficient (Wildman–Crippen LogP) is 4.28. The van der Waals surface area contributed by atoms with Crippen LogP contribution >= 0.6 is 0 Å². The second-order valence-electron chi connectivity index (χ2n) is 6.34. The Kier molecular flexibility index (Phi) is 5.33. The molecule has 2 aromatic rings. The Hall–Kier alpha value is -3.13. The van der Waals surface area contributed by atoms with Crippen molar-refractivity contribution in [3.8, 4) is 6.07 Å². The van der Waals surface area contributed by atoms with Gasteiger partial charge in [-0.25, -0.2) is 4.39 Å². The fraction of sp³-hybridized carbons (Fsp3) is 0.238. The van der Waals surface area contributed by atoms with E-state index in [2.05, 4.69) is 5.32 Å². The van der Waals surface area contributed by atoms with Gasteiger partial charge in [0.25, 0.3) is 5.91 Å². The van der Waals surface area contributed by atoms with E-state index in [-0.39, 0.29) is 11.4 Å². The summed E-state index contributed by atoms with van der Waals surface area (Å²) in [6, 6.07) is 14.0. The molecular weight excluding hydrogens is 329 g/mol. The maximum absolute atomic E-state index is 14.5. The first-order valence-electron chi connectivity index (χ1n) is 8.62. The van der Waals surface area contributed by atoms with Crippen LogP contribution in [0.5, 0.6) is 0 Å². The first-order valence-corrected chi connectivity index (χ1v) is 8.62. The number of carbonyl (C=O) groups excluding carboxylic acids is 1. The van der Waals surface area contributed by atoms with E-state index >= 15 is 0 Å². The highest BCUT2D eigenvalue weighted by molar-refractivity contribution is 6.09. The van der Waals surface area contributed by atoms with Crippen LogP contribution in [0.25, 0.3) is 6.08 Å².